The maximum atomic E-state index is 14.0. The molecular formula is C23H27FN2O3. The Hall–Kier alpha value is -2.60. The van der Waals surface area contributed by atoms with E-state index >= 15 is 0 Å². The number of aliphatic hydroxyl groups excluding tert-OH is 1. The number of amides is 1. The summed E-state index contributed by atoms with van der Waals surface area (Å²) >= 11 is 0. The maximum absolute atomic E-state index is 14.0. The van der Waals surface area contributed by atoms with Crippen LogP contribution in [0.4, 0.5) is 9.18 Å². The fourth-order valence-electron chi connectivity index (χ4n) is 4.21. The molecule has 0 unspecified atom stereocenters. The number of aliphatic hydroxyl groups is 1. The lowest BCUT2D eigenvalue weighted by atomic mass is 10.0. The minimum Gasteiger partial charge on any atom is -0.444 e. The van der Waals surface area contributed by atoms with Crippen LogP contribution in [0.2, 0.25) is 0 Å². The number of hydrogen-bond acceptors (Lipinski definition) is 3. The van der Waals surface area contributed by atoms with Crippen LogP contribution in [0.25, 0.3) is 21.8 Å². The van der Waals surface area contributed by atoms with Crippen LogP contribution in [0.1, 0.15) is 38.8 Å². The Morgan fingerprint density at radius 2 is 1.79 bits per heavy atom. The first-order valence-corrected chi connectivity index (χ1v) is 10.00. The number of benzene rings is 2. The number of halogens is 1. The second-order valence-electron chi connectivity index (χ2n) is 8.90. The van der Waals surface area contributed by atoms with Crippen LogP contribution < -0.4 is 0 Å². The van der Waals surface area contributed by atoms with Crippen LogP contribution in [0.15, 0.2) is 36.4 Å². The van der Waals surface area contributed by atoms with Crippen LogP contribution >= 0.6 is 0 Å². The molecule has 2 atom stereocenters. The second-order valence-corrected chi connectivity index (χ2v) is 8.90. The minimum atomic E-state index is -0.749. The van der Waals surface area contributed by atoms with E-state index in [9.17, 15) is 14.3 Å². The van der Waals surface area contributed by atoms with E-state index in [1.807, 2.05) is 39.8 Å². The SMILES string of the molecule is Cc1ccc2c(c1)c1cc(F)ccc1n2[C@@H]1CCN(C(=O)OC(C)(C)C)C[C@H]1O. The quantitative estimate of drug-likeness (QED) is 0.642. The third-order valence-corrected chi connectivity index (χ3v) is 5.45. The summed E-state index contributed by atoms with van der Waals surface area (Å²) in [4.78, 5) is 14.0. The number of carbonyl (C=O) groups excluding carboxylic acids is 1. The van der Waals surface area contributed by atoms with Gasteiger partial charge in [-0.25, -0.2) is 9.18 Å². The van der Waals surface area contributed by atoms with Crippen LogP contribution in [-0.2, 0) is 4.74 Å². The smallest absolute Gasteiger partial charge is 0.410 e. The van der Waals surface area contributed by atoms with Gasteiger partial charge in [-0.15, -0.1) is 0 Å². The number of carbonyl (C=O) groups is 1. The number of rotatable bonds is 1. The molecule has 3 aromatic rings. The molecule has 1 aromatic heterocycles. The van der Waals surface area contributed by atoms with E-state index < -0.39 is 17.8 Å². The van der Waals surface area contributed by atoms with Crippen molar-refractivity contribution >= 4 is 27.9 Å². The molecule has 1 aliphatic rings. The van der Waals surface area contributed by atoms with Gasteiger partial charge < -0.3 is 19.3 Å². The van der Waals surface area contributed by atoms with Crippen molar-refractivity contribution in [3.8, 4) is 0 Å². The highest BCUT2D eigenvalue weighted by molar-refractivity contribution is 6.08. The van der Waals surface area contributed by atoms with Gasteiger partial charge in [-0.2, -0.15) is 0 Å². The molecule has 2 aromatic carbocycles. The summed E-state index contributed by atoms with van der Waals surface area (Å²) in [6.45, 7) is 8.18. The Bertz CT molecular complexity index is 1020. The van der Waals surface area contributed by atoms with Gasteiger partial charge in [0, 0.05) is 28.4 Å². The molecule has 2 heterocycles. The fraction of sp³-hybridized carbons (Fsp3) is 0.435. The molecule has 0 aliphatic carbocycles. The topological polar surface area (TPSA) is 54.7 Å². The third kappa shape index (κ3) is 3.69. The lowest BCUT2D eigenvalue weighted by molar-refractivity contribution is -0.00880. The largest absolute Gasteiger partial charge is 0.444 e. The molecule has 5 nitrogen and oxygen atoms in total. The summed E-state index contributed by atoms with van der Waals surface area (Å²) in [5, 5.41) is 12.8. The number of aryl methyl sites for hydroxylation is 1. The molecule has 4 rings (SSSR count). The van der Waals surface area contributed by atoms with Gasteiger partial charge in [0.15, 0.2) is 0 Å². The lowest BCUT2D eigenvalue weighted by Gasteiger charge is -2.37. The van der Waals surface area contributed by atoms with Crippen LogP contribution in [0.5, 0.6) is 0 Å². The van der Waals surface area contributed by atoms with E-state index in [1.54, 1.807) is 17.0 Å². The van der Waals surface area contributed by atoms with Crippen LogP contribution in [-0.4, -0.2) is 45.5 Å². The molecular weight excluding hydrogens is 371 g/mol. The Morgan fingerprint density at radius 1 is 1.14 bits per heavy atom. The normalized spacial score (nSPS) is 20.4. The van der Waals surface area contributed by atoms with Gasteiger partial charge in [-0.05, 0) is 64.4 Å². The van der Waals surface area contributed by atoms with Gasteiger partial charge in [0.25, 0.3) is 0 Å². The number of β-amino-alcohol motifs (C(OH)–C–C–N with tert-alkyl or cyclic N) is 1. The molecule has 1 amide bonds. The standard InChI is InChI=1S/C23H27FN2O3/c1-14-5-7-18-16(11-14)17-12-15(24)6-8-19(17)26(18)20-9-10-25(13-21(20)27)22(28)29-23(2,3)4/h5-8,11-12,20-21,27H,9-10,13H2,1-4H3/t20-,21-/m1/s1. The Morgan fingerprint density at radius 3 is 2.45 bits per heavy atom. The zero-order valence-electron chi connectivity index (χ0n) is 17.3. The first kappa shape index (κ1) is 19.7. The third-order valence-electron chi connectivity index (χ3n) is 5.45. The van der Waals surface area contributed by atoms with Gasteiger partial charge in [-0.1, -0.05) is 11.6 Å². The molecule has 0 radical (unpaired) electrons. The highest BCUT2D eigenvalue weighted by atomic mass is 19.1. The summed E-state index contributed by atoms with van der Waals surface area (Å²) in [5.74, 6) is -0.279. The van der Waals surface area contributed by atoms with Gasteiger partial charge in [0.2, 0.25) is 0 Å². The van der Waals surface area contributed by atoms with Crippen molar-refractivity contribution < 1.29 is 19.0 Å². The highest BCUT2D eigenvalue weighted by Crippen LogP contribution is 2.36. The average molecular weight is 398 g/mol. The first-order chi connectivity index (χ1) is 13.6. The molecule has 0 spiro atoms. The summed E-state index contributed by atoms with van der Waals surface area (Å²) in [6, 6.07) is 10.7. The van der Waals surface area contributed by atoms with E-state index in [2.05, 4.69) is 10.6 Å². The Balaban J connectivity index is 1.71. The van der Waals surface area contributed by atoms with E-state index in [1.165, 1.54) is 6.07 Å². The maximum Gasteiger partial charge on any atom is 0.410 e. The summed E-state index contributed by atoms with van der Waals surface area (Å²) < 4.78 is 21.5. The molecule has 1 saturated heterocycles. The highest BCUT2D eigenvalue weighted by Gasteiger charge is 2.34. The van der Waals surface area contributed by atoms with Crippen molar-refractivity contribution in [2.75, 3.05) is 13.1 Å². The predicted octanol–water partition coefficient (Wildman–Crippen LogP) is 4.78. The van der Waals surface area contributed by atoms with E-state index in [4.69, 9.17) is 4.74 Å². The van der Waals surface area contributed by atoms with Gasteiger partial charge in [0.1, 0.15) is 11.4 Å². The molecule has 0 bridgehead atoms. The number of hydrogen-bond donors (Lipinski definition) is 1. The molecule has 0 saturated carbocycles. The van der Waals surface area contributed by atoms with Crippen LogP contribution in [0.3, 0.4) is 0 Å². The van der Waals surface area contributed by atoms with E-state index in [-0.39, 0.29) is 18.4 Å². The monoisotopic (exact) mass is 398 g/mol. The van der Waals surface area contributed by atoms with Crippen molar-refractivity contribution in [2.45, 2.75) is 51.9 Å². The van der Waals surface area contributed by atoms with E-state index in [0.717, 1.165) is 27.4 Å². The van der Waals surface area contributed by atoms with Crippen molar-refractivity contribution in [1.29, 1.82) is 0 Å². The number of piperidine rings is 1. The fourth-order valence-corrected chi connectivity index (χ4v) is 4.21. The number of fused-ring (bicyclic) bond motifs is 3. The van der Waals surface area contributed by atoms with Crippen molar-refractivity contribution in [1.82, 2.24) is 9.47 Å². The predicted molar refractivity (Wildman–Crippen MR) is 112 cm³/mol. The minimum absolute atomic E-state index is 0.202. The molecule has 29 heavy (non-hydrogen) atoms. The van der Waals surface area contributed by atoms with Gasteiger partial charge in [0.05, 0.1) is 18.7 Å². The zero-order chi connectivity index (χ0) is 20.9. The number of likely N-dealkylation sites (tertiary alicyclic amines) is 1. The number of aromatic nitrogens is 1. The first-order valence-electron chi connectivity index (χ1n) is 10.00. The molecule has 1 N–H and O–H groups in total. The molecule has 1 fully saturated rings. The molecule has 154 valence electrons. The van der Waals surface area contributed by atoms with Crippen molar-refractivity contribution in [3.05, 3.63) is 47.8 Å². The Labute approximate surface area is 169 Å². The summed E-state index contributed by atoms with van der Waals surface area (Å²) in [6.07, 6.45) is -0.568. The zero-order valence-corrected chi connectivity index (χ0v) is 17.3. The van der Waals surface area contributed by atoms with Gasteiger partial charge in [-0.3, -0.25) is 0 Å². The van der Waals surface area contributed by atoms with Crippen LogP contribution in [0, 0.1) is 12.7 Å². The number of ether oxygens (including phenoxy) is 1. The molecule has 6 heteroatoms. The Kier molecular flexibility index (Phi) is 4.77. The molecule has 1 aliphatic heterocycles. The van der Waals surface area contributed by atoms with E-state index in [0.29, 0.717) is 13.0 Å². The second kappa shape index (κ2) is 7.02. The summed E-state index contributed by atoms with van der Waals surface area (Å²) in [5.41, 5.74) is 2.38. The summed E-state index contributed by atoms with van der Waals surface area (Å²) in [7, 11) is 0. The van der Waals surface area contributed by atoms with Crippen molar-refractivity contribution in [3.63, 3.8) is 0 Å². The average Bonchev–Trinajstić information content (AvgIpc) is 2.93. The lowest BCUT2D eigenvalue weighted by Crippen LogP contribution is -2.48. The van der Waals surface area contributed by atoms with Crippen molar-refractivity contribution in [2.24, 2.45) is 0 Å². The number of nitrogens with zero attached hydrogens (tertiary/aromatic N) is 2. The van der Waals surface area contributed by atoms with Gasteiger partial charge >= 0.3 is 6.09 Å².